The van der Waals surface area contributed by atoms with Gasteiger partial charge < -0.3 is 10.1 Å². The summed E-state index contributed by atoms with van der Waals surface area (Å²) in [6.45, 7) is 5.30. The Bertz CT molecular complexity index is 835. The molecule has 0 unspecified atom stereocenters. The molecular formula is C21H19BrN2O. The highest BCUT2D eigenvalue weighted by molar-refractivity contribution is 9.10. The van der Waals surface area contributed by atoms with Gasteiger partial charge in [0.2, 0.25) is 0 Å². The number of ether oxygens (including phenoxy) is 1. The van der Waals surface area contributed by atoms with Gasteiger partial charge in [0.05, 0.1) is 5.70 Å². The van der Waals surface area contributed by atoms with Crippen molar-refractivity contribution in [1.29, 1.82) is 0 Å². The average Bonchev–Trinajstić information content (AvgIpc) is 2.66. The predicted octanol–water partition coefficient (Wildman–Crippen LogP) is 5.18. The molecule has 0 aliphatic rings. The van der Waals surface area contributed by atoms with Crippen LogP contribution in [0.2, 0.25) is 0 Å². The van der Waals surface area contributed by atoms with Crippen LogP contribution in [0, 0.1) is 0 Å². The fourth-order valence-electron chi connectivity index (χ4n) is 2.38. The van der Waals surface area contributed by atoms with Crippen molar-refractivity contribution in [2.45, 2.75) is 13.2 Å². The van der Waals surface area contributed by atoms with Gasteiger partial charge in [-0.25, -0.2) is 4.98 Å². The molecule has 1 N–H and O–H groups in total. The van der Waals surface area contributed by atoms with Crippen LogP contribution in [0.3, 0.4) is 0 Å². The van der Waals surface area contributed by atoms with Crippen molar-refractivity contribution in [3.63, 3.8) is 0 Å². The van der Waals surface area contributed by atoms with E-state index in [1.54, 1.807) is 0 Å². The van der Waals surface area contributed by atoms with E-state index in [1.165, 1.54) is 5.56 Å². The van der Waals surface area contributed by atoms with Gasteiger partial charge in [0.15, 0.2) is 0 Å². The second kappa shape index (κ2) is 8.49. The second-order valence-electron chi connectivity index (χ2n) is 5.57. The fourth-order valence-corrected chi connectivity index (χ4v) is 2.69. The first-order valence-electron chi connectivity index (χ1n) is 8.03. The number of benzene rings is 2. The van der Waals surface area contributed by atoms with E-state index in [1.807, 2.05) is 60.7 Å². The van der Waals surface area contributed by atoms with Gasteiger partial charge in [0.25, 0.3) is 0 Å². The third-order valence-electron chi connectivity index (χ3n) is 3.70. The molecular weight excluding hydrogens is 376 g/mol. The Morgan fingerprint density at radius 1 is 0.920 bits per heavy atom. The summed E-state index contributed by atoms with van der Waals surface area (Å²) >= 11 is 3.42. The highest BCUT2D eigenvalue weighted by atomic mass is 79.9. The van der Waals surface area contributed by atoms with Crippen molar-refractivity contribution in [2.24, 2.45) is 0 Å². The lowest BCUT2D eigenvalue weighted by Crippen LogP contribution is -2.13. The molecule has 0 aliphatic heterocycles. The van der Waals surface area contributed by atoms with Gasteiger partial charge in [-0.1, -0.05) is 67.2 Å². The van der Waals surface area contributed by atoms with Crippen molar-refractivity contribution in [3.05, 3.63) is 101 Å². The zero-order valence-electron chi connectivity index (χ0n) is 13.8. The van der Waals surface area contributed by atoms with Gasteiger partial charge in [-0.05, 0) is 39.2 Å². The van der Waals surface area contributed by atoms with Crippen LogP contribution in [-0.2, 0) is 13.2 Å². The van der Waals surface area contributed by atoms with Crippen LogP contribution in [0.5, 0.6) is 5.75 Å². The van der Waals surface area contributed by atoms with Crippen molar-refractivity contribution in [2.75, 3.05) is 0 Å². The molecule has 4 heteroatoms. The van der Waals surface area contributed by atoms with Crippen molar-refractivity contribution < 1.29 is 4.74 Å². The van der Waals surface area contributed by atoms with Crippen molar-refractivity contribution in [3.8, 4) is 5.75 Å². The topological polar surface area (TPSA) is 34.2 Å². The molecule has 0 radical (unpaired) electrons. The van der Waals surface area contributed by atoms with Gasteiger partial charge in [-0.15, -0.1) is 0 Å². The first-order valence-corrected chi connectivity index (χ1v) is 8.82. The average molecular weight is 395 g/mol. The molecule has 0 atom stereocenters. The number of pyridine rings is 1. The summed E-state index contributed by atoms with van der Waals surface area (Å²) in [6, 6.07) is 24.0. The molecule has 0 spiro atoms. The summed E-state index contributed by atoms with van der Waals surface area (Å²) in [7, 11) is 0. The Hall–Kier alpha value is -2.59. The fraction of sp³-hybridized carbons (Fsp3) is 0.0952. The quantitative estimate of drug-likeness (QED) is 0.560. The molecule has 25 heavy (non-hydrogen) atoms. The smallest absolute Gasteiger partial charge is 0.147 e. The van der Waals surface area contributed by atoms with Gasteiger partial charge >= 0.3 is 0 Å². The summed E-state index contributed by atoms with van der Waals surface area (Å²) in [5.41, 5.74) is 3.74. The molecule has 126 valence electrons. The molecule has 1 heterocycles. The lowest BCUT2D eigenvalue weighted by Gasteiger charge is -2.14. The standard InChI is InChI=1S/C21H19BrN2O/c1-16(23-14-17-8-4-2-5-9-17)21-19(12-13-20(22)24-21)25-15-18-10-6-3-7-11-18/h2-13,23H,1,14-15H2. The minimum Gasteiger partial charge on any atom is -0.487 e. The third kappa shape index (κ3) is 4.94. The molecule has 3 aromatic rings. The van der Waals surface area contributed by atoms with E-state index < -0.39 is 0 Å². The monoisotopic (exact) mass is 394 g/mol. The molecule has 0 amide bonds. The Kier molecular flexibility index (Phi) is 5.86. The summed E-state index contributed by atoms with van der Waals surface area (Å²) in [4.78, 5) is 4.53. The molecule has 2 aromatic carbocycles. The van der Waals surface area contributed by atoms with E-state index in [4.69, 9.17) is 4.74 Å². The van der Waals surface area contributed by atoms with Crippen molar-refractivity contribution >= 4 is 21.6 Å². The summed E-state index contributed by atoms with van der Waals surface area (Å²) in [5.74, 6) is 0.706. The van der Waals surface area contributed by atoms with Crippen LogP contribution in [0.25, 0.3) is 5.70 Å². The zero-order valence-corrected chi connectivity index (χ0v) is 15.4. The number of nitrogens with zero attached hydrogens (tertiary/aromatic N) is 1. The Labute approximate surface area is 156 Å². The van der Waals surface area contributed by atoms with Crippen LogP contribution in [0.1, 0.15) is 16.8 Å². The second-order valence-corrected chi connectivity index (χ2v) is 6.39. The normalized spacial score (nSPS) is 10.3. The van der Waals surface area contributed by atoms with Gasteiger partial charge in [-0.3, -0.25) is 0 Å². The molecule has 3 nitrogen and oxygen atoms in total. The van der Waals surface area contributed by atoms with Crippen molar-refractivity contribution in [1.82, 2.24) is 10.3 Å². The van der Waals surface area contributed by atoms with Crippen LogP contribution in [0.15, 0.2) is 84.0 Å². The lowest BCUT2D eigenvalue weighted by molar-refractivity contribution is 0.303. The van der Waals surface area contributed by atoms with E-state index >= 15 is 0 Å². The zero-order chi connectivity index (χ0) is 17.5. The van der Waals surface area contributed by atoms with E-state index in [2.05, 4.69) is 44.9 Å². The highest BCUT2D eigenvalue weighted by Gasteiger charge is 2.10. The molecule has 0 bridgehead atoms. The molecule has 0 fully saturated rings. The maximum Gasteiger partial charge on any atom is 0.147 e. The molecule has 0 aliphatic carbocycles. The number of hydrogen-bond acceptors (Lipinski definition) is 3. The first-order chi connectivity index (χ1) is 12.2. The van der Waals surface area contributed by atoms with Gasteiger partial charge in [-0.2, -0.15) is 0 Å². The number of halogens is 1. The minimum atomic E-state index is 0.489. The Morgan fingerprint density at radius 3 is 2.24 bits per heavy atom. The van der Waals surface area contributed by atoms with Gasteiger partial charge in [0.1, 0.15) is 22.7 Å². The number of hydrogen-bond donors (Lipinski definition) is 1. The SMILES string of the molecule is C=C(NCc1ccccc1)c1nc(Br)ccc1OCc1ccccc1. The van der Waals surface area contributed by atoms with E-state index in [0.717, 1.165) is 15.9 Å². The summed E-state index contributed by atoms with van der Waals surface area (Å²) in [5, 5.41) is 3.32. The Balaban J connectivity index is 1.70. The Morgan fingerprint density at radius 2 is 1.56 bits per heavy atom. The molecule has 0 saturated heterocycles. The highest BCUT2D eigenvalue weighted by Crippen LogP contribution is 2.25. The van der Waals surface area contributed by atoms with Crippen LogP contribution >= 0.6 is 15.9 Å². The number of rotatable bonds is 7. The third-order valence-corrected chi connectivity index (χ3v) is 4.14. The lowest BCUT2D eigenvalue weighted by atomic mass is 10.2. The van der Waals surface area contributed by atoms with E-state index in [9.17, 15) is 0 Å². The number of aromatic nitrogens is 1. The number of nitrogens with one attached hydrogen (secondary N) is 1. The molecule has 3 rings (SSSR count). The maximum absolute atomic E-state index is 5.97. The predicted molar refractivity (Wildman–Crippen MR) is 105 cm³/mol. The maximum atomic E-state index is 5.97. The van der Waals surface area contributed by atoms with Gasteiger partial charge in [0, 0.05) is 6.54 Å². The van der Waals surface area contributed by atoms with E-state index in [0.29, 0.717) is 24.6 Å². The van der Waals surface area contributed by atoms with Crippen LogP contribution in [-0.4, -0.2) is 4.98 Å². The van der Waals surface area contributed by atoms with Crippen LogP contribution in [0.4, 0.5) is 0 Å². The summed E-state index contributed by atoms with van der Waals surface area (Å²) < 4.78 is 6.71. The van der Waals surface area contributed by atoms with E-state index in [-0.39, 0.29) is 0 Å². The minimum absolute atomic E-state index is 0.489. The van der Waals surface area contributed by atoms with Crippen LogP contribution < -0.4 is 10.1 Å². The largest absolute Gasteiger partial charge is 0.487 e. The molecule has 1 aromatic heterocycles. The first kappa shape index (κ1) is 17.2. The summed E-state index contributed by atoms with van der Waals surface area (Å²) in [6.07, 6.45) is 0. The molecule has 0 saturated carbocycles.